The summed E-state index contributed by atoms with van der Waals surface area (Å²) in [6, 6.07) is 0. The Hall–Kier alpha value is -0.860. The number of carbonyl (C=O) groups excluding carboxylic acids is 1. The highest BCUT2D eigenvalue weighted by molar-refractivity contribution is 5.76. The Morgan fingerprint density at radius 1 is 1.30 bits per heavy atom. The monoisotopic (exact) mass is 298 g/mol. The fraction of sp³-hybridized carbons (Fsp3) is 0.917. The van der Waals surface area contributed by atoms with Gasteiger partial charge in [0.2, 0.25) is 5.91 Å². The lowest BCUT2D eigenvalue weighted by Crippen LogP contribution is -2.50. The molecule has 1 saturated heterocycles. The second-order valence-electron chi connectivity index (χ2n) is 4.95. The van der Waals surface area contributed by atoms with Crippen LogP contribution in [0.4, 0.5) is 13.2 Å². The number of aliphatic hydroxyl groups excluding tert-OH is 1. The van der Waals surface area contributed by atoms with Crippen LogP contribution in [-0.4, -0.2) is 79.0 Å². The molecule has 0 aromatic heterocycles. The van der Waals surface area contributed by atoms with E-state index in [1.54, 1.807) is 11.8 Å². The first-order valence-electron chi connectivity index (χ1n) is 6.60. The van der Waals surface area contributed by atoms with Crippen molar-refractivity contribution < 1.29 is 27.8 Å². The average molecular weight is 298 g/mol. The Balaban J connectivity index is 2.16. The van der Waals surface area contributed by atoms with Crippen molar-refractivity contribution in [2.75, 3.05) is 45.9 Å². The lowest BCUT2D eigenvalue weighted by atomic mass is 10.2. The molecule has 1 amide bonds. The molecule has 1 rings (SSSR count). The first-order valence-corrected chi connectivity index (χ1v) is 6.60. The van der Waals surface area contributed by atoms with Crippen molar-refractivity contribution in [1.29, 1.82) is 0 Å². The van der Waals surface area contributed by atoms with E-state index in [1.165, 1.54) is 0 Å². The Bertz CT molecular complexity index is 303. The van der Waals surface area contributed by atoms with Crippen LogP contribution in [0.3, 0.4) is 0 Å². The van der Waals surface area contributed by atoms with Crippen molar-refractivity contribution >= 4 is 5.91 Å². The summed E-state index contributed by atoms with van der Waals surface area (Å²) in [7, 11) is 0. The molecule has 0 spiro atoms. The van der Waals surface area contributed by atoms with E-state index in [9.17, 15) is 23.1 Å². The van der Waals surface area contributed by atoms with Gasteiger partial charge in [0, 0.05) is 32.7 Å². The van der Waals surface area contributed by atoms with E-state index in [0.717, 1.165) is 0 Å². The number of hydrogen-bond donors (Lipinski definition) is 1. The lowest BCUT2D eigenvalue weighted by Gasteiger charge is -2.35. The third kappa shape index (κ3) is 7.06. The van der Waals surface area contributed by atoms with Crippen LogP contribution >= 0.6 is 0 Å². The second kappa shape index (κ2) is 7.80. The Morgan fingerprint density at radius 3 is 2.40 bits per heavy atom. The summed E-state index contributed by atoms with van der Waals surface area (Å²) in [5.74, 6) is -0.191. The number of aliphatic hydroxyl groups is 1. The van der Waals surface area contributed by atoms with Gasteiger partial charge in [0.05, 0.1) is 19.1 Å². The Labute approximate surface area is 116 Å². The zero-order valence-corrected chi connectivity index (χ0v) is 11.5. The van der Waals surface area contributed by atoms with Crippen molar-refractivity contribution in [3.8, 4) is 0 Å². The van der Waals surface area contributed by atoms with Crippen LogP contribution < -0.4 is 0 Å². The Kier molecular flexibility index (Phi) is 6.70. The molecule has 1 atom stereocenters. The molecule has 0 aliphatic carbocycles. The van der Waals surface area contributed by atoms with Crippen LogP contribution in [-0.2, 0) is 9.53 Å². The molecule has 20 heavy (non-hydrogen) atoms. The highest BCUT2D eigenvalue weighted by Crippen LogP contribution is 2.14. The minimum absolute atomic E-state index is 0.0352. The van der Waals surface area contributed by atoms with Crippen LogP contribution in [0, 0.1) is 0 Å². The molecule has 118 valence electrons. The number of hydrogen-bond acceptors (Lipinski definition) is 4. The highest BCUT2D eigenvalue weighted by atomic mass is 19.4. The van der Waals surface area contributed by atoms with Crippen molar-refractivity contribution in [3.63, 3.8) is 0 Å². The normalized spacial score (nSPS) is 19.1. The fourth-order valence-corrected chi connectivity index (χ4v) is 2.06. The topological polar surface area (TPSA) is 53.0 Å². The summed E-state index contributed by atoms with van der Waals surface area (Å²) >= 11 is 0. The van der Waals surface area contributed by atoms with Crippen molar-refractivity contribution in [2.45, 2.75) is 25.6 Å². The maximum absolute atomic E-state index is 11.8. The predicted octanol–water partition coefficient (Wildman–Crippen LogP) is 0.480. The van der Waals surface area contributed by atoms with Gasteiger partial charge in [-0.15, -0.1) is 0 Å². The first kappa shape index (κ1) is 17.2. The summed E-state index contributed by atoms with van der Waals surface area (Å²) in [5, 5.41) is 9.26. The summed E-state index contributed by atoms with van der Waals surface area (Å²) in [4.78, 5) is 15.4. The van der Waals surface area contributed by atoms with Gasteiger partial charge < -0.3 is 14.7 Å². The second-order valence-corrected chi connectivity index (χ2v) is 4.95. The first-order chi connectivity index (χ1) is 9.28. The average Bonchev–Trinajstić information content (AvgIpc) is 2.33. The van der Waals surface area contributed by atoms with Crippen LogP contribution in [0.25, 0.3) is 0 Å². The van der Waals surface area contributed by atoms with Crippen molar-refractivity contribution in [1.82, 2.24) is 9.80 Å². The molecule has 5 nitrogen and oxygen atoms in total. The summed E-state index contributed by atoms with van der Waals surface area (Å²) in [6.07, 6.45) is -4.80. The van der Waals surface area contributed by atoms with Crippen LogP contribution in [0.1, 0.15) is 13.3 Å². The van der Waals surface area contributed by atoms with E-state index in [0.29, 0.717) is 32.7 Å². The number of halogens is 3. The van der Waals surface area contributed by atoms with E-state index < -0.39 is 18.9 Å². The quantitative estimate of drug-likeness (QED) is 0.725. The zero-order chi connectivity index (χ0) is 15.2. The molecule has 0 radical (unpaired) electrons. The molecule has 0 aromatic rings. The van der Waals surface area contributed by atoms with Gasteiger partial charge in [0.1, 0.15) is 6.61 Å². The molecular formula is C12H21F3N2O3. The molecule has 8 heteroatoms. The van der Waals surface area contributed by atoms with Gasteiger partial charge in [-0.2, -0.15) is 13.2 Å². The minimum Gasteiger partial charge on any atom is -0.392 e. The van der Waals surface area contributed by atoms with Gasteiger partial charge in [-0.1, -0.05) is 0 Å². The molecule has 0 saturated carbocycles. The van der Waals surface area contributed by atoms with Gasteiger partial charge in [-0.05, 0) is 6.92 Å². The minimum atomic E-state index is -4.35. The van der Waals surface area contributed by atoms with Gasteiger partial charge in [0.25, 0.3) is 0 Å². The number of nitrogens with zero attached hydrogens (tertiary/aromatic N) is 2. The molecule has 1 heterocycles. The molecule has 0 bridgehead atoms. The highest BCUT2D eigenvalue weighted by Gasteiger charge is 2.27. The van der Waals surface area contributed by atoms with E-state index in [4.69, 9.17) is 0 Å². The maximum atomic E-state index is 11.8. The van der Waals surface area contributed by atoms with Crippen LogP contribution in [0.5, 0.6) is 0 Å². The Morgan fingerprint density at radius 2 is 1.90 bits per heavy atom. The number of rotatable bonds is 6. The van der Waals surface area contributed by atoms with Gasteiger partial charge in [-0.3, -0.25) is 9.69 Å². The molecule has 1 aliphatic heterocycles. The van der Waals surface area contributed by atoms with E-state index in [-0.39, 0.29) is 18.9 Å². The third-order valence-corrected chi connectivity index (χ3v) is 2.97. The number of alkyl halides is 3. The van der Waals surface area contributed by atoms with E-state index >= 15 is 0 Å². The van der Waals surface area contributed by atoms with Crippen LogP contribution in [0.2, 0.25) is 0 Å². The molecule has 1 N–H and O–H groups in total. The maximum Gasteiger partial charge on any atom is 0.411 e. The predicted molar refractivity (Wildman–Crippen MR) is 66.2 cm³/mol. The van der Waals surface area contributed by atoms with E-state index in [1.807, 2.05) is 0 Å². The van der Waals surface area contributed by atoms with Gasteiger partial charge >= 0.3 is 6.18 Å². The van der Waals surface area contributed by atoms with Gasteiger partial charge in [-0.25, -0.2) is 0 Å². The largest absolute Gasteiger partial charge is 0.411 e. The number of piperazine rings is 1. The molecule has 1 aliphatic rings. The number of amides is 1. The number of ether oxygens (including phenoxy) is 1. The van der Waals surface area contributed by atoms with Crippen molar-refractivity contribution in [2.24, 2.45) is 0 Å². The molecule has 1 fully saturated rings. The molecule has 0 aromatic carbocycles. The van der Waals surface area contributed by atoms with Crippen LogP contribution in [0.15, 0.2) is 0 Å². The summed E-state index contributed by atoms with van der Waals surface area (Å²) < 4.78 is 39.9. The van der Waals surface area contributed by atoms with E-state index in [2.05, 4.69) is 9.64 Å². The number of β-amino-alcohol motifs (C(OH)–C–C–N with tert-alkyl or cyclic N) is 1. The molecular weight excluding hydrogens is 277 g/mol. The summed E-state index contributed by atoms with van der Waals surface area (Å²) in [5.41, 5.74) is 0. The fourth-order valence-electron chi connectivity index (χ4n) is 2.06. The van der Waals surface area contributed by atoms with Gasteiger partial charge in [0.15, 0.2) is 0 Å². The standard InChI is InChI=1S/C12H21F3N2O3/c1-10(18)8-16-3-5-17(6-4-16)11(19)2-7-20-9-12(13,14)15/h10,18H,2-9H2,1H3. The number of carbonyl (C=O) groups is 1. The zero-order valence-electron chi connectivity index (χ0n) is 11.5. The third-order valence-electron chi connectivity index (χ3n) is 2.97. The van der Waals surface area contributed by atoms with Crippen molar-refractivity contribution in [3.05, 3.63) is 0 Å². The SMILES string of the molecule is CC(O)CN1CCN(C(=O)CCOCC(F)(F)F)CC1. The summed E-state index contributed by atoms with van der Waals surface area (Å²) in [6.45, 7) is 3.14. The molecule has 1 unspecified atom stereocenters. The lowest BCUT2D eigenvalue weighted by molar-refractivity contribution is -0.175. The smallest absolute Gasteiger partial charge is 0.392 e.